The number of nitrogens with two attached hydrogens (primary N) is 1. The van der Waals surface area contributed by atoms with E-state index in [-0.39, 0.29) is 28.6 Å². The molecule has 1 aliphatic carbocycles. The van der Waals surface area contributed by atoms with Gasteiger partial charge >= 0.3 is 0 Å². The topological polar surface area (TPSA) is 95.6 Å². The van der Waals surface area contributed by atoms with Gasteiger partial charge in [0.15, 0.2) is 0 Å². The first-order chi connectivity index (χ1) is 12.1. The summed E-state index contributed by atoms with van der Waals surface area (Å²) < 4.78 is 1.44. The van der Waals surface area contributed by atoms with Crippen LogP contribution in [0.5, 0.6) is 0 Å². The monoisotopic (exact) mass is 352 g/mol. The lowest BCUT2D eigenvalue weighted by Gasteiger charge is -2.27. The van der Waals surface area contributed by atoms with Gasteiger partial charge in [-0.25, -0.2) is 0 Å². The summed E-state index contributed by atoms with van der Waals surface area (Å²) in [5, 5.41) is 19.7. The van der Waals surface area contributed by atoms with E-state index in [9.17, 15) is 15.3 Å². The third-order valence-electron chi connectivity index (χ3n) is 4.75. The molecule has 1 saturated carbocycles. The molecule has 1 aromatic carbocycles. The van der Waals surface area contributed by atoms with Crippen molar-refractivity contribution in [3.63, 3.8) is 0 Å². The molecule has 1 fully saturated rings. The van der Waals surface area contributed by atoms with Crippen molar-refractivity contribution < 1.29 is 0 Å². The average Bonchev–Trinajstić information content (AvgIpc) is 2.63. The van der Waals surface area contributed by atoms with Gasteiger partial charge in [0.2, 0.25) is 0 Å². The molecule has 5 nitrogen and oxygen atoms in total. The number of aromatic nitrogens is 1. The Hall–Kier alpha value is -2.76. The number of nitrogens with zero attached hydrogens (tertiary/aromatic N) is 3. The zero-order valence-corrected chi connectivity index (χ0v) is 14.4. The van der Waals surface area contributed by atoms with Crippen molar-refractivity contribution in [1.82, 2.24) is 4.57 Å². The minimum atomic E-state index is -0.444. The summed E-state index contributed by atoms with van der Waals surface area (Å²) in [6.45, 7) is 0. The van der Waals surface area contributed by atoms with Gasteiger partial charge in [-0.15, -0.1) is 0 Å². The smallest absolute Gasteiger partial charge is 0.271 e. The summed E-state index contributed by atoms with van der Waals surface area (Å²) >= 11 is 6.24. The molecule has 6 heteroatoms. The summed E-state index contributed by atoms with van der Waals surface area (Å²) in [4.78, 5) is 13.0. The Kier molecular flexibility index (Phi) is 4.79. The molecule has 1 aliphatic rings. The third-order valence-corrected chi connectivity index (χ3v) is 5.08. The van der Waals surface area contributed by atoms with Crippen molar-refractivity contribution in [2.45, 2.75) is 38.1 Å². The maximum Gasteiger partial charge on any atom is 0.271 e. The van der Waals surface area contributed by atoms with Crippen molar-refractivity contribution >= 4 is 17.4 Å². The Labute approximate surface area is 150 Å². The fraction of sp³-hybridized carbons (Fsp3) is 0.316. The van der Waals surface area contributed by atoms with Crippen LogP contribution in [0.3, 0.4) is 0 Å². The van der Waals surface area contributed by atoms with Gasteiger partial charge in [0.1, 0.15) is 29.1 Å². The first kappa shape index (κ1) is 17.1. The zero-order valence-electron chi connectivity index (χ0n) is 13.6. The highest BCUT2D eigenvalue weighted by atomic mass is 35.5. The maximum absolute atomic E-state index is 13.0. The predicted octanol–water partition coefficient (Wildman–Crippen LogP) is 4.00. The summed E-state index contributed by atoms with van der Waals surface area (Å²) in [6.07, 6.45) is 4.79. The molecule has 0 amide bonds. The Bertz CT molecular complexity index is 959. The number of hydrogen-bond acceptors (Lipinski definition) is 4. The van der Waals surface area contributed by atoms with Crippen LogP contribution in [-0.2, 0) is 0 Å². The molecule has 2 aromatic rings. The standard InChI is InChI=1S/C19H17ClN4O/c20-16-9-5-4-8-13(16)17-14(10-21)18(23)24(19(25)15(17)11-22)12-6-2-1-3-7-12/h4-5,8-9,12H,1-3,6-7,23H2. The molecule has 0 spiro atoms. The van der Waals surface area contributed by atoms with Gasteiger partial charge in [0.05, 0.1) is 0 Å². The van der Waals surface area contributed by atoms with E-state index in [2.05, 4.69) is 6.07 Å². The molecule has 1 heterocycles. The molecule has 1 aromatic heterocycles. The van der Waals surface area contributed by atoms with E-state index in [1.807, 2.05) is 6.07 Å². The fourth-order valence-electron chi connectivity index (χ4n) is 3.56. The van der Waals surface area contributed by atoms with E-state index in [0.29, 0.717) is 10.6 Å². The van der Waals surface area contributed by atoms with E-state index < -0.39 is 5.56 Å². The van der Waals surface area contributed by atoms with Crippen molar-refractivity contribution in [3.8, 4) is 23.3 Å². The maximum atomic E-state index is 13.0. The second-order valence-corrected chi connectivity index (χ2v) is 6.59. The molecule has 2 N–H and O–H groups in total. The van der Waals surface area contributed by atoms with Gasteiger partial charge in [0, 0.05) is 22.2 Å². The molecule has 126 valence electrons. The summed E-state index contributed by atoms with van der Waals surface area (Å²) in [7, 11) is 0. The van der Waals surface area contributed by atoms with Crippen LogP contribution in [-0.4, -0.2) is 4.57 Å². The van der Waals surface area contributed by atoms with Gasteiger partial charge in [-0.05, 0) is 18.9 Å². The molecule has 0 radical (unpaired) electrons. The van der Waals surface area contributed by atoms with E-state index in [1.165, 1.54) is 4.57 Å². The summed E-state index contributed by atoms with van der Waals surface area (Å²) in [6, 6.07) is 10.8. The predicted molar refractivity (Wildman–Crippen MR) is 97.1 cm³/mol. The van der Waals surface area contributed by atoms with E-state index in [1.54, 1.807) is 24.3 Å². The van der Waals surface area contributed by atoms with E-state index >= 15 is 0 Å². The highest BCUT2D eigenvalue weighted by Crippen LogP contribution is 2.36. The first-order valence-electron chi connectivity index (χ1n) is 8.23. The number of anilines is 1. The lowest BCUT2D eigenvalue weighted by atomic mass is 9.92. The molecule has 0 saturated heterocycles. The highest BCUT2D eigenvalue weighted by molar-refractivity contribution is 6.33. The molecule has 0 atom stereocenters. The second-order valence-electron chi connectivity index (χ2n) is 6.18. The van der Waals surface area contributed by atoms with Crippen molar-refractivity contribution in [3.05, 3.63) is 50.8 Å². The average molecular weight is 353 g/mol. The van der Waals surface area contributed by atoms with Crippen LogP contribution in [0.15, 0.2) is 29.1 Å². The molecule has 0 unspecified atom stereocenters. The number of rotatable bonds is 2. The largest absolute Gasteiger partial charge is 0.384 e. The first-order valence-corrected chi connectivity index (χ1v) is 8.61. The Morgan fingerprint density at radius 3 is 2.32 bits per heavy atom. The SMILES string of the molecule is N#Cc1c(-c2ccccc2Cl)c(C#N)c(=O)n(C2CCCCC2)c1N. The molecular weight excluding hydrogens is 336 g/mol. The van der Waals surface area contributed by atoms with Crippen molar-refractivity contribution in [2.24, 2.45) is 0 Å². The lowest BCUT2D eigenvalue weighted by Crippen LogP contribution is -2.32. The normalized spacial score (nSPS) is 14.7. The fourth-order valence-corrected chi connectivity index (χ4v) is 3.79. The molecule has 0 aliphatic heterocycles. The van der Waals surface area contributed by atoms with Crippen LogP contribution >= 0.6 is 11.6 Å². The van der Waals surface area contributed by atoms with Crippen LogP contribution in [0.1, 0.15) is 49.3 Å². The summed E-state index contributed by atoms with van der Waals surface area (Å²) in [5.41, 5.74) is 6.53. The van der Waals surface area contributed by atoms with E-state index in [4.69, 9.17) is 17.3 Å². The van der Waals surface area contributed by atoms with E-state index in [0.717, 1.165) is 32.1 Å². The number of nitrogen functional groups attached to an aromatic ring is 1. The Morgan fingerprint density at radius 1 is 1.08 bits per heavy atom. The Balaban J connectivity index is 2.35. The second kappa shape index (κ2) is 7.01. The number of hydrogen-bond donors (Lipinski definition) is 1. The Morgan fingerprint density at radius 2 is 1.72 bits per heavy atom. The van der Waals surface area contributed by atoms with Gasteiger partial charge in [0.25, 0.3) is 5.56 Å². The van der Waals surface area contributed by atoms with Gasteiger partial charge in [-0.1, -0.05) is 49.1 Å². The molecular formula is C19H17ClN4O. The minimum Gasteiger partial charge on any atom is -0.384 e. The van der Waals surface area contributed by atoms with Gasteiger partial charge in [-0.2, -0.15) is 10.5 Å². The lowest BCUT2D eigenvalue weighted by molar-refractivity contribution is 0.349. The zero-order chi connectivity index (χ0) is 18.0. The molecule has 0 bridgehead atoms. The highest BCUT2D eigenvalue weighted by Gasteiger charge is 2.27. The number of halogens is 1. The number of pyridine rings is 1. The number of benzene rings is 1. The summed E-state index contributed by atoms with van der Waals surface area (Å²) in [5.74, 6) is 0.119. The van der Waals surface area contributed by atoms with Crippen molar-refractivity contribution in [2.75, 3.05) is 5.73 Å². The minimum absolute atomic E-state index is 0.0688. The van der Waals surface area contributed by atoms with Crippen LogP contribution < -0.4 is 11.3 Å². The van der Waals surface area contributed by atoms with Crippen LogP contribution in [0.2, 0.25) is 5.02 Å². The third kappa shape index (κ3) is 2.88. The van der Waals surface area contributed by atoms with Gasteiger partial charge < -0.3 is 5.73 Å². The van der Waals surface area contributed by atoms with Gasteiger partial charge in [-0.3, -0.25) is 9.36 Å². The van der Waals surface area contributed by atoms with Crippen LogP contribution in [0.4, 0.5) is 5.82 Å². The molecule has 25 heavy (non-hydrogen) atoms. The van der Waals surface area contributed by atoms with Crippen LogP contribution in [0.25, 0.3) is 11.1 Å². The van der Waals surface area contributed by atoms with Crippen molar-refractivity contribution in [1.29, 1.82) is 10.5 Å². The quantitative estimate of drug-likeness (QED) is 0.883. The van der Waals surface area contributed by atoms with Crippen LogP contribution in [0, 0.1) is 22.7 Å². The molecule has 3 rings (SSSR count). The number of nitriles is 2.